The number of hydrazone groups is 2. The molecule has 9 heteroatoms. The van der Waals surface area contributed by atoms with Crippen LogP contribution in [0.2, 0.25) is 0 Å². The van der Waals surface area contributed by atoms with E-state index >= 15 is 0 Å². The third-order valence-electron chi connectivity index (χ3n) is 2.58. The molecule has 0 saturated heterocycles. The quantitative estimate of drug-likeness (QED) is 0.354. The lowest BCUT2D eigenvalue weighted by Gasteiger charge is -2.09. The predicted octanol–water partition coefficient (Wildman–Crippen LogP) is 0.544. The van der Waals surface area contributed by atoms with Gasteiger partial charge in [0.15, 0.2) is 10.2 Å². The van der Waals surface area contributed by atoms with Gasteiger partial charge in [0.1, 0.15) is 0 Å². The lowest BCUT2D eigenvalue weighted by Crippen LogP contribution is -2.33. The molecule has 0 saturated carbocycles. The lowest BCUT2D eigenvalue weighted by atomic mass is 10.1. The summed E-state index contributed by atoms with van der Waals surface area (Å²) in [6.07, 6.45) is 4.07. The second kappa shape index (κ2) is 9.74. The van der Waals surface area contributed by atoms with Gasteiger partial charge in [-0.15, -0.1) is 0 Å². The Bertz CT molecular complexity index is 569. The zero-order chi connectivity index (χ0) is 16.4. The molecule has 4 N–H and O–H groups in total. The van der Waals surface area contributed by atoms with Gasteiger partial charge in [0.05, 0.1) is 11.4 Å². The molecule has 1 heterocycles. The number of hydrogen-bond acceptors (Lipinski definition) is 5. The number of pyridine rings is 1. The summed E-state index contributed by atoms with van der Waals surface area (Å²) in [5.74, 6) is 0. The first-order chi connectivity index (χ1) is 10.6. The van der Waals surface area contributed by atoms with Crippen LogP contribution in [0.5, 0.6) is 0 Å². The molecule has 1 aromatic rings. The highest BCUT2D eigenvalue weighted by atomic mass is 32.1. The van der Waals surface area contributed by atoms with Gasteiger partial charge >= 0.3 is 0 Å². The summed E-state index contributed by atoms with van der Waals surface area (Å²) >= 11 is 10.0. The smallest absolute Gasteiger partial charge is 0.186 e. The van der Waals surface area contributed by atoms with Crippen molar-refractivity contribution in [3.05, 3.63) is 30.1 Å². The van der Waals surface area contributed by atoms with Gasteiger partial charge in [-0.2, -0.15) is 10.2 Å². The Morgan fingerprint density at radius 1 is 1.14 bits per heavy atom. The Labute approximate surface area is 140 Å². The molecule has 0 unspecified atom stereocenters. The molecule has 1 rings (SSSR count). The third kappa shape index (κ3) is 6.55. The number of hydrogen-bond donors (Lipinski definition) is 4. The number of aromatic nitrogens is 1. The Hall–Kier alpha value is -2.13. The van der Waals surface area contributed by atoms with Gasteiger partial charge in [0.2, 0.25) is 0 Å². The lowest BCUT2D eigenvalue weighted by molar-refractivity contribution is 0.960. The highest BCUT2D eigenvalue weighted by Gasteiger charge is 2.07. The molecule has 0 amide bonds. The first-order valence-corrected chi connectivity index (χ1v) is 7.34. The maximum absolute atomic E-state index is 5.02. The Kier molecular flexibility index (Phi) is 7.94. The summed E-state index contributed by atoms with van der Waals surface area (Å²) < 4.78 is 0. The van der Waals surface area contributed by atoms with Gasteiger partial charge in [-0.05, 0) is 43.0 Å². The third-order valence-corrected chi connectivity index (χ3v) is 3.17. The van der Waals surface area contributed by atoms with E-state index in [9.17, 15) is 0 Å². The van der Waals surface area contributed by atoms with Gasteiger partial charge in [-0.3, -0.25) is 15.8 Å². The first-order valence-electron chi connectivity index (χ1n) is 6.52. The van der Waals surface area contributed by atoms with Crippen molar-refractivity contribution in [3.63, 3.8) is 0 Å². The second-order valence-electron chi connectivity index (χ2n) is 4.18. The van der Waals surface area contributed by atoms with Crippen LogP contribution in [0.15, 0.2) is 34.7 Å². The van der Waals surface area contributed by atoms with Crippen molar-refractivity contribution in [2.45, 2.75) is 13.3 Å². The Balaban J connectivity index is 2.90. The Morgan fingerprint density at radius 2 is 1.77 bits per heavy atom. The number of rotatable bonds is 5. The molecular formula is C13H19N7S2. The van der Waals surface area contributed by atoms with Crippen molar-refractivity contribution >= 4 is 46.1 Å². The summed E-state index contributed by atoms with van der Waals surface area (Å²) in [6, 6.07) is 3.84. The van der Waals surface area contributed by atoms with Crippen molar-refractivity contribution in [1.29, 1.82) is 0 Å². The highest BCUT2D eigenvalue weighted by molar-refractivity contribution is 7.80. The molecule has 0 aliphatic carbocycles. The molecule has 22 heavy (non-hydrogen) atoms. The maximum Gasteiger partial charge on any atom is 0.186 e. The van der Waals surface area contributed by atoms with Crippen molar-refractivity contribution in [1.82, 2.24) is 26.5 Å². The summed E-state index contributed by atoms with van der Waals surface area (Å²) in [4.78, 5) is 4.10. The van der Waals surface area contributed by atoms with Crippen molar-refractivity contribution in [3.8, 4) is 0 Å². The average Bonchev–Trinajstić information content (AvgIpc) is 2.56. The summed E-state index contributed by atoms with van der Waals surface area (Å²) in [5, 5.41) is 14.9. The summed E-state index contributed by atoms with van der Waals surface area (Å²) in [6.45, 7) is 1.84. The molecule has 0 aliphatic rings. The molecule has 7 nitrogen and oxygen atoms in total. The maximum atomic E-state index is 5.02. The minimum absolute atomic E-state index is 0.426. The van der Waals surface area contributed by atoms with Crippen LogP contribution >= 0.6 is 24.4 Å². The summed E-state index contributed by atoms with van der Waals surface area (Å²) in [5.41, 5.74) is 7.93. The molecule has 118 valence electrons. The minimum Gasteiger partial charge on any atom is -0.364 e. The van der Waals surface area contributed by atoms with E-state index in [2.05, 4.69) is 36.7 Å². The van der Waals surface area contributed by atoms with E-state index in [1.807, 2.05) is 19.1 Å². The van der Waals surface area contributed by atoms with Crippen LogP contribution in [0.1, 0.15) is 12.5 Å². The van der Waals surface area contributed by atoms with E-state index in [-0.39, 0.29) is 0 Å². The van der Waals surface area contributed by atoms with E-state index in [1.165, 1.54) is 0 Å². The van der Waals surface area contributed by atoms with Crippen LogP contribution in [-0.2, 0) is 6.42 Å². The minimum atomic E-state index is 0.426. The molecule has 0 spiro atoms. The fraction of sp³-hybridized carbons (Fsp3) is 0.308. The fourth-order valence-corrected chi connectivity index (χ4v) is 1.46. The van der Waals surface area contributed by atoms with Gasteiger partial charge in [-0.25, -0.2) is 0 Å². The second-order valence-corrected chi connectivity index (χ2v) is 4.99. The van der Waals surface area contributed by atoms with Crippen molar-refractivity contribution in [2.75, 3.05) is 14.1 Å². The molecule has 1 aromatic heterocycles. The monoisotopic (exact) mass is 337 g/mol. The zero-order valence-corrected chi connectivity index (χ0v) is 14.3. The van der Waals surface area contributed by atoms with Crippen molar-refractivity contribution < 1.29 is 0 Å². The van der Waals surface area contributed by atoms with Crippen LogP contribution in [0.4, 0.5) is 0 Å². The normalized spacial score (nSPS) is 11.6. The molecule has 0 aromatic carbocycles. The highest BCUT2D eigenvalue weighted by Crippen LogP contribution is 2.00. The zero-order valence-electron chi connectivity index (χ0n) is 12.7. The number of thiocarbonyl (C=S) groups is 2. The van der Waals surface area contributed by atoms with Gasteiger partial charge in [-0.1, -0.05) is 6.07 Å². The largest absolute Gasteiger partial charge is 0.364 e. The van der Waals surface area contributed by atoms with E-state index in [4.69, 9.17) is 24.4 Å². The van der Waals surface area contributed by atoms with E-state index in [0.717, 1.165) is 11.3 Å². The van der Waals surface area contributed by atoms with Crippen LogP contribution < -0.4 is 21.5 Å². The van der Waals surface area contributed by atoms with Crippen LogP contribution in [0.3, 0.4) is 0 Å². The molecule has 0 radical (unpaired) electrons. The van der Waals surface area contributed by atoms with Gasteiger partial charge < -0.3 is 10.6 Å². The molecular weight excluding hydrogens is 318 g/mol. The van der Waals surface area contributed by atoms with E-state index < -0.39 is 0 Å². The molecule has 0 fully saturated rings. The van der Waals surface area contributed by atoms with E-state index in [1.54, 1.807) is 26.5 Å². The molecule has 0 bridgehead atoms. The fourth-order valence-electron chi connectivity index (χ4n) is 1.37. The molecule has 0 atom stereocenters. The number of nitrogens with zero attached hydrogens (tertiary/aromatic N) is 3. The predicted molar refractivity (Wildman–Crippen MR) is 98.1 cm³/mol. The topological polar surface area (TPSA) is 85.7 Å². The summed E-state index contributed by atoms with van der Waals surface area (Å²) in [7, 11) is 3.44. The first kappa shape index (κ1) is 17.9. The van der Waals surface area contributed by atoms with Gasteiger partial charge in [0.25, 0.3) is 0 Å². The van der Waals surface area contributed by atoms with Gasteiger partial charge in [0, 0.05) is 32.9 Å². The SMILES string of the molecule is CNC(=S)N/N=C(C)/C(Cc1cccnc1)=N/NC(=S)NC. The number of nitrogens with one attached hydrogen (secondary N) is 4. The van der Waals surface area contributed by atoms with Crippen LogP contribution in [0, 0.1) is 0 Å². The van der Waals surface area contributed by atoms with Crippen LogP contribution in [-0.4, -0.2) is 40.7 Å². The molecule has 0 aliphatic heterocycles. The van der Waals surface area contributed by atoms with Crippen LogP contribution in [0.25, 0.3) is 0 Å². The standard InChI is InChI=1S/C13H19N7S2/c1-9(17-19-12(21)14-2)11(18-20-13(22)15-3)7-10-5-4-6-16-8-10/h4-6,8H,7H2,1-3H3,(H2,14,19,21)(H2,15,20,22)/b17-9+,18-11+. The van der Waals surface area contributed by atoms with Crippen molar-refractivity contribution in [2.24, 2.45) is 10.2 Å². The van der Waals surface area contributed by atoms with E-state index in [0.29, 0.717) is 22.4 Å². The Morgan fingerprint density at radius 3 is 2.32 bits per heavy atom. The average molecular weight is 337 g/mol.